The number of allylic oxidation sites excluding steroid dienone is 1. The number of ether oxygens (including phenoxy) is 1. The number of methoxy groups -OCH3 is 1. The molecule has 1 heterocycles. The SMILES string of the molecule is COC1=S(CCc2ccccc2)C=C(C#N)C=N1. The average Bonchev–Trinajstić information content (AvgIpc) is 2.45. The van der Waals surface area contributed by atoms with Crippen LogP contribution in [0.2, 0.25) is 0 Å². The van der Waals surface area contributed by atoms with Gasteiger partial charge in [0.05, 0.1) is 5.57 Å². The van der Waals surface area contributed by atoms with Crippen LogP contribution in [0, 0.1) is 11.3 Å². The molecule has 0 spiro atoms. The third-order valence-corrected chi connectivity index (χ3v) is 4.46. The molecular weight excluding hydrogens is 244 g/mol. The molecule has 4 heteroatoms. The topological polar surface area (TPSA) is 45.4 Å². The highest BCUT2D eigenvalue weighted by atomic mass is 32.2. The summed E-state index contributed by atoms with van der Waals surface area (Å²) in [5.41, 5.74) is 1.91. The van der Waals surface area contributed by atoms with E-state index in [1.807, 2.05) is 23.6 Å². The van der Waals surface area contributed by atoms with Crippen LogP contribution in [0.1, 0.15) is 5.56 Å². The zero-order valence-electron chi connectivity index (χ0n) is 10.2. The minimum absolute atomic E-state index is 0.201. The first-order valence-corrected chi connectivity index (χ1v) is 7.09. The second-order valence-corrected chi connectivity index (χ2v) is 5.63. The highest BCUT2D eigenvalue weighted by molar-refractivity contribution is 8.18. The molecule has 1 unspecified atom stereocenters. The number of aryl methyl sites for hydroxylation is 1. The molecule has 1 aromatic carbocycles. The van der Waals surface area contributed by atoms with E-state index in [-0.39, 0.29) is 10.5 Å². The monoisotopic (exact) mass is 258 g/mol. The molecule has 0 N–H and O–H groups in total. The number of hydrogen-bond donors (Lipinski definition) is 0. The van der Waals surface area contributed by atoms with Gasteiger partial charge in [-0.25, -0.2) is 4.99 Å². The molecule has 1 aliphatic heterocycles. The maximum atomic E-state index is 8.90. The Morgan fingerprint density at radius 2 is 2.11 bits per heavy atom. The standard InChI is InChI=1S/C14H14N2OS/c1-17-14-16-10-13(9-15)11-18(14)8-7-12-5-3-2-4-6-12/h2-6,10-11H,7-8H2,1H3. The first-order valence-electron chi connectivity index (χ1n) is 5.64. The molecule has 2 rings (SSSR count). The van der Waals surface area contributed by atoms with Crippen LogP contribution in [0.25, 0.3) is 0 Å². The molecule has 0 fully saturated rings. The fourth-order valence-corrected chi connectivity index (χ4v) is 3.33. The number of aliphatic imine (C=N–C) groups is 1. The number of benzene rings is 1. The van der Waals surface area contributed by atoms with Crippen LogP contribution >= 0.6 is 10.5 Å². The summed E-state index contributed by atoms with van der Waals surface area (Å²) < 4.78 is 5.26. The molecule has 18 heavy (non-hydrogen) atoms. The van der Waals surface area contributed by atoms with Gasteiger partial charge in [0, 0.05) is 19.1 Å². The Balaban J connectivity index is 2.12. The zero-order valence-corrected chi connectivity index (χ0v) is 11.0. The summed E-state index contributed by atoms with van der Waals surface area (Å²) in [5, 5.41) is 11.6. The van der Waals surface area contributed by atoms with Crippen LogP contribution in [0.5, 0.6) is 0 Å². The van der Waals surface area contributed by atoms with E-state index >= 15 is 0 Å². The second kappa shape index (κ2) is 6.29. The van der Waals surface area contributed by atoms with Gasteiger partial charge < -0.3 is 4.74 Å². The molecule has 92 valence electrons. The van der Waals surface area contributed by atoms with Gasteiger partial charge in [0.2, 0.25) is 0 Å². The first-order chi connectivity index (χ1) is 8.83. The average molecular weight is 258 g/mol. The molecule has 1 aromatic rings. The Bertz CT molecular complexity index is 553. The van der Waals surface area contributed by atoms with E-state index in [0.29, 0.717) is 10.7 Å². The third-order valence-electron chi connectivity index (χ3n) is 2.56. The molecule has 0 aliphatic carbocycles. The normalized spacial score (nSPS) is 18.3. The van der Waals surface area contributed by atoms with Crippen molar-refractivity contribution in [3.8, 4) is 6.07 Å². The molecule has 0 amide bonds. The van der Waals surface area contributed by atoms with Crippen molar-refractivity contribution in [1.29, 1.82) is 5.26 Å². The van der Waals surface area contributed by atoms with Gasteiger partial charge >= 0.3 is 0 Å². The van der Waals surface area contributed by atoms with Gasteiger partial charge in [0.15, 0.2) is 5.17 Å². The van der Waals surface area contributed by atoms with E-state index in [4.69, 9.17) is 10.00 Å². The van der Waals surface area contributed by atoms with E-state index in [1.54, 1.807) is 13.3 Å². The van der Waals surface area contributed by atoms with Crippen LogP contribution in [0.15, 0.2) is 46.3 Å². The lowest BCUT2D eigenvalue weighted by atomic mass is 10.2. The van der Waals surface area contributed by atoms with E-state index in [9.17, 15) is 0 Å². The Kier molecular flexibility index (Phi) is 4.46. The van der Waals surface area contributed by atoms with Crippen molar-refractivity contribution in [2.75, 3.05) is 12.9 Å². The highest BCUT2D eigenvalue weighted by Crippen LogP contribution is 2.24. The van der Waals surface area contributed by atoms with Gasteiger partial charge in [-0.2, -0.15) is 5.26 Å². The van der Waals surface area contributed by atoms with Crippen molar-refractivity contribution < 1.29 is 4.74 Å². The molecule has 1 atom stereocenters. The second-order valence-electron chi connectivity index (χ2n) is 3.78. The van der Waals surface area contributed by atoms with Gasteiger partial charge in [0.1, 0.15) is 6.07 Å². The van der Waals surface area contributed by atoms with Gasteiger partial charge in [0.25, 0.3) is 0 Å². The smallest absolute Gasteiger partial charge is 0.197 e. The van der Waals surface area contributed by atoms with E-state index in [2.05, 4.69) is 23.2 Å². The fourth-order valence-electron chi connectivity index (χ4n) is 1.66. The molecule has 1 aliphatic rings. The summed E-state index contributed by atoms with van der Waals surface area (Å²) in [5.74, 6) is 0.926. The van der Waals surface area contributed by atoms with E-state index in [0.717, 1.165) is 12.2 Å². The minimum Gasteiger partial charge on any atom is -0.328 e. The fraction of sp³-hybridized carbons (Fsp3) is 0.214. The molecule has 0 saturated carbocycles. The van der Waals surface area contributed by atoms with Crippen molar-refractivity contribution >= 4 is 21.9 Å². The van der Waals surface area contributed by atoms with Crippen molar-refractivity contribution in [2.45, 2.75) is 6.42 Å². The van der Waals surface area contributed by atoms with Crippen molar-refractivity contribution in [3.63, 3.8) is 0 Å². The molecular formula is C14H14N2OS. The number of hydrogen-bond acceptors (Lipinski definition) is 3. The lowest BCUT2D eigenvalue weighted by molar-refractivity contribution is 0.408. The summed E-state index contributed by atoms with van der Waals surface area (Å²) in [6, 6.07) is 12.4. The Morgan fingerprint density at radius 1 is 1.33 bits per heavy atom. The summed E-state index contributed by atoms with van der Waals surface area (Å²) >= 11 is 0. The van der Waals surface area contributed by atoms with Crippen LogP contribution in [-0.2, 0) is 11.2 Å². The van der Waals surface area contributed by atoms with Crippen LogP contribution in [0.3, 0.4) is 0 Å². The zero-order chi connectivity index (χ0) is 12.8. The van der Waals surface area contributed by atoms with E-state index < -0.39 is 0 Å². The predicted molar refractivity (Wildman–Crippen MR) is 76.8 cm³/mol. The molecule has 3 nitrogen and oxygen atoms in total. The Hall–Kier alpha value is -1.70. The van der Waals surface area contributed by atoms with Crippen LogP contribution in [0.4, 0.5) is 0 Å². The highest BCUT2D eigenvalue weighted by Gasteiger charge is 2.08. The number of nitrogens with zero attached hydrogens (tertiary/aromatic N) is 2. The van der Waals surface area contributed by atoms with Gasteiger partial charge in [-0.15, -0.1) is 10.5 Å². The Morgan fingerprint density at radius 3 is 2.78 bits per heavy atom. The minimum atomic E-state index is -0.201. The first kappa shape index (κ1) is 12.7. The summed E-state index contributed by atoms with van der Waals surface area (Å²) in [6.07, 6.45) is 2.52. The van der Waals surface area contributed by atoms with Gasteiger partial charge in [-0.05, 0) is 17.4 Å². The third kappa shape index (κ3) is 3.16. The Labute approximate surface area is 109 Å². The van der Waals surface area contributed by atoms with Crippen LogP contribution in [-0.4, -0.2) is 24.3 Å². The summed E-state index contributed by atoms with van der Waals surface area (Å²) in [7, 11) is 1.42. The lowest BCUT2D eigenvalue weighted by Crippen LogP contribution is -2.05. The molecule has 0 bridgehead atoms. The lowest BCUT2D eigenvalue weighted by Gasteiger charge is -2.11. The largest absolute Gasteiger partial charge is 0.328 e. The summed E-state index contributed by atoms with van der Waals surface area (Å²) in [4.78, 5) is 4.18. The maximum Gasteiger partial charge on any atom is 0.197 e. The van der Waals surface area contributed by atoms with E-state index in [1.165, 1.54) is 5.56 Å². The maximum absolute atomic E-state index is 8.90. The van der Waals surface area contributed by atoms with Crippen molar-refractivity contribution in [2.24, 2.45) is 4.99 Å². The van der Waals surface area contributed by atoms with Crippen molar-refractivity contribution in [3.05, 3.63) is 46.9 Å². The number of rotatable bonds is 3. The van der Waals surface area contributed by atoms with Gasteiger partial charge in [-0.1, -0.05) is 30.3 Å². The summed E-state index contributed by atoms with van der Waals surface area (Å²) in [6.45, 7) is 0. The van der Waals surface area contributed by atoms with Crippen molar-refractivity contribution in [1.82, 2.24) is 0 Å². The van der Waals surface area contributed by atoms with Crippen LogP contribution < -0.4 is 0 Å². The molecule has 0 aromatic heterocycles. The van der Waals surface area contributed by atoms with Gasteiger partial charge in [-0.3, -0.25) is 0 Å². The number of nitriles is 1. The molecule has 0 radical (unpaired) electrons. The predicted octanol–water partition coefficient (Wildman–Crippen LogP) is 2.72. The quantitative estimate of drug-likeness (QED) is 0.782. The molecule has 0 saturated heterocycles.